The van der Waals surface area contributed by atoms with Crippen molar-refractivity contribution in [2.75, 3.05) is 23.9 Å². The summed E-state index contributed by atoms with van der Waals surface area (Å²) in [6.45, 7) is 3.16. The average Bonchev–Trinajstić information content (AvgIpc) is 3.70. The van der Waals surface area contributed by atoms with E-state index >= 15 is 0 Å². The number of sulfone groups is 2. The summed E-state index contributed by atoms with van der Waals surface area (Å²) < 4.78 is 54.5. The minimum atomic E-state index is -3.37. The quantitative estimate of drug-likeness (QED) is 0.295. The van der Waals surface area contributed by atoms with Crippen LogP contribution in [-0.4, -0.2) is 47.0 Å². The molecule has 7 nitrogen and oxygen atoms in total. The summed E-state index contributed by atoms with van der Waals surface area (Å²) in [5.74, 6) is -1.05. The van der Waals surface area contributed by atoms with E-state index in [1.165, 1.54) is 24.3 Å². The molecule has 1 aliphatic carbocycles. The molecular weight excluding hydrogens is 581 g/mol. The van der Waals surface area contributed by atoms with Gasteiger partial charge in [-0.1, -0.05) is 61.3 Å². The number of nitrogens with one attached hydrogen (secondary N) is 1. The highest BCUT2D eigenvalue weighted by atomic mass is 35.5. The molecule has 3 aromatic rings. The summed E-state index contributed by atoms with van der Waals surface area (Å²) >= 11 is 13.1. The lowest BCUT2D eigenvalue weighted by atomic mass is 9.90. The molecule has 1 unspecified atom stereocenters. The van der Waals surface area contributed by atoms with Gasteiger partial charge in [0.1, 0.15) is 0 Å². The first kappa shape index (κ1) is 29.6. The van der Waals surface area contributed by atoms with E-state index in [1.807, 2.05) is 0 Å². The molecule has 0 aromatic heterocycles. The monoisotopic (exact) mass is 609 g/mol. The summed E-state index contributed by atoms with van der Waals surface area (Å²) in [4.78, 5) is 14.0. The summed E-state index contributed by atoms with van der Waals surface area (Å²) in [6, 6.07) is 15.8. The largest absolute Gasteiger partial charge is 0.377 e. The van der Waals surface area contributed by atoms with Gasteiger partial charge in [0, 0.05) is 18.4 Å². The van der Waals surface area contributed by atoms with Gasteiger partial charge in [-0.25, -0.2) is 16.8 Å². The molecule has 39 heavy (non-hydrogen) atoms. The van der Waals surface area contributed by atoms with Crippen molar-refractivity contribution in [2.45, 2.75) is 48.0 Å². The molecule has 208 valence electrons. The van der Waals surface area contributed by atoms with Gasteiger partial charge in [0.15, 0.2) is 19.7 Å². The van der Waals surface area contributed by atoms with Gasteiger partial charge >= 0.3 is 0 Å². The fourth-order valence-corrected chi connectivity index (χ4v) is 7.07. The predicted octanol–water partition coefficient (Wildman–Crippen LogP) is 6.15. The average molecular weight is 611 g/mol. The van der Waals surface area contributed by atoms with Crippen LogP contribution in [0.1, 0.15) is 38.2 Å². The first-order chi connectivity index (χ1) is 18.4. The van der Waals surface area contributed by atoms with Gasteiger partial charge in [-0.15, -0.1) is 0 Å². The van der Waals surface area contributed by atoms with Gasteiger partial charge < -0.3 is 10.1 Å². The molecule has 1 N–H and O–H groups in total. The van der Waals surface area contributed by atoms with Crippen molar-refractivity contribution in [3.05, 3.63) is 76.3 Å². The Morgan fingerprint density at radius 1 is 0.872 bits per heavy atom. The van der Waals surface area contributed by atoms with Crippen molar-refractivity contribution < 1.29 is 26.4 Å². The summed E-state index contributed by atoms with van der Waals surface area (Å²) in [7, 11) is -5.16. The fourth-order valence-electron chi connectivity index (χ4n) is 4.59. The van der Waals surface area contributed by atoms with Gasteiger partial charge in [0.2, 0.25) is 5.91 Å². The Morgan fingerprint density at radius 2 is 1.33 bits per heavy atom. The Kier molecular flexibility index (Phi) is 8.50. The fraction of sp³-hybridized carbons (Fsp3) is 0.321. The second-order valence-electron chi connectivity index (χ2n) is 9.41. The molecule has 0 heterocycles. The van der Waals surface area contributed by atoms with Crippen LogP contribution < -0.4 is 5.32 Å². The number of ether oxygens (including phenoxy) is 1. The summed E-state index contributed by atoms with van der Waals surface area (Å²) in [6.07, 6.45) is 1.36. The van der Waals surface area contributed by atoms with E-state index in [9.17, 15) is 21.6 Å². The van der Waals surface area contributed by atoms with Crippen molar-refractivity contribution in [1.82, 2.24) is 0 Å². The number of hydrogen-bond acceptors (Lipinski definition) is 6. The molecular formula is C28H29Cl2NO6S2. The van der Waals surface area contributed by atoms with Crippen LogP contribution in [0.3, 0.4) is 0 Å². The third-order valence-electron chi connectivity index (χ3n) is 7.08. The van der Waals surface area contributed by atoms with Crippen LogP contribution in [-0.2, 0) is 29.2 Å². The molecule has 0 saturated heterocycles. The molecule has 1 aliphatic rings. The van der Waals surface area contributed by atoms with E-state index in [0.717, 1.165) is 0 Å². The Bertz CT molecular complexity index is 1580. The topological polar surface area (TPSA) is 107 Å². The molecule has 0 radical (unpaired) electrons. The van der Waals surface area contributed by atoms with E-state index < -0.39 is 31.2 Å². The van der Waals surface area contributed by atoms with Crippen molar-refractivity contribution in [3.63, 3.8) is 0 Å². The number of hydrogen-bond donors (Lipinski definition) is 1. The van der Waals surface area contributed by atoms with Crippen molar-refractivity contribution in [3.8, 4) is 11.1 Å². The number of anilines is 1. The first-order valence-electron chi connectivity index (χ1n) is 12.4. The zero-order valence-corrected chi connectivity index (χ0v) is 24.8. The maximum Gasteiger partial charge on any atom is 0.234 e. The predicted molar refractivity (Wildman–Crippen MR) is 154 cm³/mol. The van der Waals surface area contributed by atoms with Crippen LogP contribution in [0.2, 0.25) is 10.0 Å². The normalized spacial score (nSPS) is 15.5. The zero-order chi connectivity index (χ0) is 28.6. The number of benzene rings is 3. The number of carbonyl (C=O) groups is 1. The second-order valence-corrected chi connectivity index (χ2v) is 14.8. The molecule has 4 rings (SSSR count). The lowest BCUT2D eigenvalue weighted by molar-refractivity contribution is -0.121. The van der Waals surface area contributed by atoms with Gasteiger partial charge in [-0.2, -0.15) is 0 Å². The van der Waals surface area contributed by atoms with E-state index in [2.05, 4.69) is 5.32 Å². The standard InChI is InChI=1S/C28H29Cl2NO6S2/c1-4-38(33,34)21-10-6-18(7-11-21)25-23(29)16-20(17-24(25)30)31-27(32)26(28(37-3)14-15-28)19-8-12-22(13-9-19)39(35,36)5-2/h6-13,16-17,26H,4-5,14-15H2,1-3H3,(H,31,32). The van der Waals surface area contributed by atoms with Crippen molar-refractivity contribution in [2.24, 2.45) is 0 Å². The van der Waals surface area contributed by atoms with E-state index in [-0.39, 0.29) is 37.2 Å². The van der Waals surface area contributed by atoms with Crippen molar-refractivity contribution >= 4 is 54.5 Å². The van der Waals surface area contributed by atoms with E-state index in [0.29, 0.717) is 35.2 Å². The van der Waals surface area contributed by atoms with Gasteiger partial charge in [0.25, 0.3) is 0 Å². The van der Waals surface area contributed by atoms with Crippen LogP contribution in [0.5, 0.6) is 0 Å². The summed E-state index contributed by atoms with van der Waals surface area (Å²) in [5, 5.41) is 3.45. The molecule has 3 aromatic carbocycles. The first-order valence-corrected chi connectivity index (χ1v) is 16.4. The molecule has 0 spiro atoms. The SMILES string of the molecule is CCS(=O)(=O)c1ccc(-c2c(Cl)cc(NC(=O)C(c3ccc(S(=O)(=O)CC)cc3)C3(OC)CC3)cc2Cl)cc1. The molecule has 0 aliphatic heterocycles. The Labute approximate surface area is 239 Å². The molecule has 1 amide bonds. The lowest BCUT2D eigenvalue weighted by Gasteiger charge is -2.26. The third kappa shape index (κ3) is 6.02. The maximum absolute atomic E-state index is 13.6. The zero-order valence-electron chi connectivity index (χ0n) is 21.7. The number of halogens is 2. The van der Waals surface area contributed by atoms with Gasteiger partial charge in [-0.05, 0) is 60.4 Å². The minimum Gasteiger partial charge on any atom is -0.377 e. The van der Waals surface area contributed by atoms with Crippen LogP contribution in [0.4, 0.5) is 5.69 Å². The molecule has 0 bridgehead atoms. The third-order valence-corrected chi connectivity index (χ3v) is 11.2. The Balaban J connectivity index is 1.62. The number of amides is 1. The second kappa shape index (κ2) is 11.2. The number of carbonyl (C=O) groups excluding carboxylic acids is 1. The van der Waals surface area contributed by atoms with Crippen LogP contribution >= 0.6 is 23.2 Å². The molecule has 1 atom stereocenters. The highest BCUT2D eigenvalue weighted by Crippen LogP contribution is 2.51. The van der Waals surface area contributed by atoms with Crippen molar-refractivity contribution in [1.29, 1.82) is 0 Å². The van der Waals surface area contributed by atoms with Crippen LogP contribution in [0, 0.1) is 0 Å². The van der Waals surface area contributed by atoms with E-state index in [1.54, 1.807) is 57.4 Å². The van der Waals surface area contributed by atoms with Gasteiger partial charge in [0.05, 0.1) is 42.9 Å². The lowest BCUT2D eigenvalue weighted by Crippen LogP contribution is -2.34. The molecule has 11 heteroatoms. The van der Waals surface area contributed by atoms with E-state index in [4.69, 9.17) is 27.9 Å². The maximum atomic E-state index is 13.6. The Hall–Kier alpha value is -2.43. The number of methoxy groups -OCH3 is 1. The Morgan fingerprint density at radius 3 is 1.74 bits per heavy atom. The van der Waals surface area contributed by atoms with Gasteiger partial charge in [-0.3, -0.25) is 4.79 Å². The van der Waals surface area contributed by atoms with Crippen LogP contribution in [0.15, 0.2) is 70.5 Å². The minimum absolute atomic E-state index is 0.00438. The highest BCUT2D eigenvalue weighted by molar-refractivity contribution is 7.91. The smallest absolute Gasteiger partial charge is 0.234 e. The molecule has 1 saturated carbocycles. The number of rotatable bonds is 10. The van der Waals surface area contributed by atoms with Crippen LogP contribution in [0.25, 0.3) is 11.1 Å². The summed E-state index contributed by atoms with van der Waals surface area (Å²) in [5.41, 5.74) is 1.47. The molecule has 1 fully saturated rings. The highest BCUT2D eigenvalue weighted by Gasteiger charge is 2.53.